The zero-order valence-electron chi connectivity index (χ0n) is 17.3. The average molecular weight is 398 g/mol. The Bertz CT molecular complexity index is 950. The SMILES string of the molecule is Cc1ccc([C@]2(C)NC(=O)N(CC(=O)NCc3nnc(C(C)C)n3C)C2=O)cc1. The van der Waals surface area contributed by atoms with Crippen molar-refractivity contribution in [2.45, 2.75) is 45.7 Å². The fourth-order valence-electron chi connectivity index (χ4n) is 3.33. The monoisotopic (exact) mass is 398 g/mol. The average Bonchev–Trinajstić information content (AvgIpc) is 3.13. The fraction of sp³-hybridized carbons (Fsp3) is 0.450. The third-order valence-electron chi connectivity index (χ3n) is 5.16. The third kappa shape index (κ3) is 3.85. The van der Waals surface area contributed by atoms with Crippen LogP contribution in [0.3, 0.4) is 0 Å². The Labute approximate surface area is 169 Å². The Morgan fingerprint density at radius 2 is 1.86 bits per heavy atom. The van der Waals surface area contributed by atoms with Crippen molar-refractivity contribution in [1.82, 2.24) is 30.3 Å². The van der Waals surface area contributed by atoms with Crippen molar-refractivity contribution in [3.8, 4) is 0 Å². The number of aryl methyl sites for hydroxylation is 1. The lowest BCUT2D eigenvalue weighted by atomic mass is 9.91. The summed E-state index contributed by atoms with van der Waals surface area (Å²) in [5.74, 6) is 0.723. The number of aromatic nitrogens is 3. The summed E-state index contributed by atoms with van der Waals surface area (Å²) < 4.78 is 1.83. The second-order valence-electron chi connectivity index (χ2n) is 7.78. The van der Waals surface area contributed by atoms with Gasteiger partial charge in [0.05, 0.1) is 6.54 Å². The van der Waals surface area contributed by atoms with Crippen molar-refractivity contribution < 1.29 is 14.4 Å². The van der Waals surface area contributed by atoms with Crippen LogP contribution in [0.5, 0.6) is 0 Å². The van der Waals surface area contributed by atoms with E-state index in [0.717, 1.165) is 16.3 Å². The highest BCUT2D eigenvalue weighted by Gasteiger charge is 2.49. The van der Waals surface area contributed by atoms with Gasteiger partial charge in [-0.15, -0.1) is 10.2 Å². The highest BCUT2D eigenvalue weighted by molar-refractivity contribution is 6.09. The predicted molar refractivity (Wildman–Crippen MR) is 106 cm³/mol. The van der Waals surface area contributed by atoms with Crippen LogP contribution in [-0.2, 0) is 28.7 Å². The van der Waals surface area contributed by atoms with Crippen LogP contribution in [0.15, 0.2) is 24.3 Å². The first-order chi connectivity index (χ1) is 13.6. The molecular weight excluding hydrogens is 372 g/mol. The Hall–Kier alpha value is -3.23. The largest absolute Gasteiger partial charge is 0.347 e. The standard InChI is InChI=1S/C20H26N6O3/c1-12(2)17-24-23-15(25(17)5)10-21-16(27)11-26-18(28)20(4,22-19(26)29)14-8-6-13(3)7-9-14/h6-9,12H,10-11H2,1-5H3,(H,21,27)(H,22,29)/t20-/m0/s1. The molecule has 9 nitrogen and oxygen atoms in total. The van der Waals surface area contributed by atoms with Crippen LogP contribution in [0.25, 0.3) is 0 Å². The van der Waals surface area contributed by atoms with Gasteiger partial charge in [0.15, 0.2) is 5.82 Å². The lowest BCUT2D eigenvalue weighted by molar-refractivity contribution is -0.134. The van der Waals surface area contributed by atoms with Crippen LogP contribution in [0.4, 0.5) is 4.79 Å². The van der Waals surface area contributed by atoms with Crippen LogP contribution in [0.2, 0.25) is 0 Å². The van der Waals surface area contributed by atoms with E-state index in [-0.39, 0.29) is 19.0 Å². The van der Waals surface area contributed by atoms with Crippen LogP contribution < -0.4 is 10.6 Å². The molecule has 2 aromatic rings. The summed E-state index contributed by atoms with van der Waals surface area (Å²) in [7, 11) is 1.83. The van der Waals surface area contributed by atoms with Gasteiger partial charge in [-0.3, -0.25) is 14.5 Å². The van der Waals surface area contributed by atoms with E-state index in [1.54, 1.807) is 19.1 Å². The molecule has 2 heterocycles. The van der Waals surface area contributed by atoms with Crippen molar-refractivity contribution in [2.24, 2.45) is 7.05 Å². The Kier molecular flexibility index (Phi) is 5.41. The van der Waals surface area contributed by atoms with E-state index in [1.165, 1.54) is 0 Å². The molecule has 1 fully saturated rings. The van der Waals surface area contributed by atoms with Gasteiger partial charge in [-0.25, -0.2) is 4.79 Å². The van der Waals surface area contributed by atoms with Crippen molar-refractivity contribution in [3.05, 3.63) is 47.0 Å². The van der Waals surface area contributed by atoms with Crippen LogP contribution in [0, 0.1) is 6.92 Å². The van der Waals surface area contributed by atoms with Gasteiger partial charge in [0.2, 0.25) is 5.91 Å². The maximum atomic E-state index is 12.9. The molecule has 1 aliphatic heterocycles. The molecule has 0 bridgehead atoms. The molecule has 3 rings (SSSR count). The Balaban J connectivity index is 1.65. The molecule has 4 amide bonds. The lowest BCUT2D eigenvalue weighted by Crippen LogP contribution is -2.43. The smallest absolute Gasteiger partial charge is 0.325 e. The number of benzene rings is 1. The van der Waals surface area contributed by atoms with Gasteiger partial charge in [-0.2, -0.15) is 0 Å². The summed E-state index contributed by atoms with van der Waals surface area (Å²) in [4.78, 5) is 38.6. The van der Waals surface area contributed by atoms with E-state index < -0.39 is 23.4 Å². The number of carbonyl (C=O) groups is 3. The van der Waals surface area contributed by atoms with Gasteiger partial charge < -0.3 is 15.2 Å². The number of nitrogens with zero attached hydrogens (tertiary/aromatic N) is 4. The number of hydrogen-bond acceptors (Lipinski definition) is 5. The molecule has 0 unspecified atom stereocenters. The first-order valence-corrected chi connectivity index (χ1v) is 9.49. The predicted octanol–water partition coefficient (Wildman–Crippen LogP) is 1.33. The molecule has 1 saturated heterocycles. The maximum Gasteiger partial charge on any atom is 0.325 e. The highest BCUT2D eigenvalue weighted by atomic mass is 16.2. The quantitative estimate of drug-likeness (QED) is 0.714. The number of hydrogen-bond donors (Lipinski definition) is 2. The molecule has 29 heavy (non-hydrogen) atoms. The van der Waals surface area contributed by atoms with Gasteiger partial charge in [0.25, 0.3) is 5.91 Å². The minimum Gasteiger partial charge on any atom is -0.347 e. The van der Waals surface area contributed by atoms with Crippen LogP contribution in [-0.4, -0.2) is 44.1 Å². The first-order valence-electron chi connectivity index (χ1n) is 9.49. The first kappa shape index (κ1) is 20.5. The molecule has 0 radical (unpaired) electrons. The minimum atomic E-state index is -1.19. The summed E-state index contributed by atoms with van der Waals surface area (Å²) in [6, 6.07) is 6.77. The summed E-state index contributed by atoms with van der Waals surface area (Å²) in [5.41, 5.74) is 0.528. The molecule has 1 aliphatic rings. The molecule has 2 N–H and O–H groups in total. The third-order valence-corrected chi connectivity index (χ3v) is 5.16. The molecular formula is C20H26N6O3. The summed E-state index contributed by atoms with van der Waals surface area (Å²) >= 11 is 0. The zero-order chi connectivity index (χ0) is 21.3. The van der Waals surface area contributed by atoms with E-state index in [0.29, 0.717) is 11.4 Å². The van der Waals surface area contributed by atoms with E-state index in [9.17, 15) is 14.4 Å². The lowest BCUT2D eigenvalue weighted by Gasteiger charge is -2.22. The van der Waals surface area contributed by atoms with Gasteiger partial charge in [-0.1, -0.05) is 43.7 Å². The second kappa shape index (κ2) is 7.65. The van der Waals surface area contributed by atoms with Crippen molar-refractivity contribution in [1.29, 1.82) is 0 Å². The van der Waals surface area contributed by atoms with Crippen molar-refractivity contribution in [2.75, 3.05) is 6.54 Å². The van der Waals surface area contributed by atoms with Crippen LogP contribution in [0.1, 0.15) is 49.5 Å². The highest BCUT2D eigenvalue weighted by Crippen LogP contribution is 2.28. The minimum absolute atomic E-state index is 0.161. The van der Waals surface area contributed by atoms with Gasteiger partial charge >= 0.3 is 6.03 Å². The number of nitrogens with one attached hydrogen (secondary N) is 2. The van der Waals surface area contributed by atoms with E-state index in [2.05, 4.69) is 20.8 Å². The number of carbonyl (C=O) groups excluding carboxylic acids is 3. The molecule has 154 valence electrons. The van der Waals surface area contributed by atoms with Gasteiger partial charge in [0, 0.05) is 13.0 Å². The number of amides is 4. The maximum absolute atomic E-state index is 12.9. The summed E-state index contributed by atoms with van der Waals surface area (Å²) in [6.45, 7) is 7.40. The van der Waals surface area contributed by atoms with E-state index >= 15 is 0 Å². The normalized spacial score (nSPS) is 19.0. The van der Waals surface area contributed by atoms with Gasteiger partial charge in [0.1, 0.15) is 17.9 Å². The Morgan fingerprint density at radius 1 is 1.21 bits per heavy atom. The van der Waals surface area contributed by atoms with E-state index in [1.807, 2.05) is 44.5 Å². The molecule has 9 heteroatoms. The topological polar surface area (TPSA) is 109 Å². The molecule has 1 atom stereocenters. The zero-order valence-corrected chi connectivity index (χ0v) is 17.3. The molecule has 0 saturated carbocycles. The molecule has 1 aromatic heterocycles. The van der Waals surface area contributed by atoms with Crippen molar-refractivity contribution >= 4 is 17.8 Å². The number of imide groups is 1. The second-order valence-corrected chi connectivity index (χ2v) is 7.78. The molecule has 0 aliphatic carbocycles. The Morgan fingerprint density at radius 3 is 2.45 bits per heavy atom. The summed E-state index contributed by atoms with van der Waals surface area (Å²) in [5, 5.41) is 13.6. The van der Waals surface area contributed by atoms with Crippen LogP contribution >= 0.6 is 0 Å². The molecule has 0 spiro atoms. The van der Waals surface area contributed by atoms with Gasteiger partial charge in [-0.05, 0) is 19.4 Å². The number of rotatable bonds is 6. The fourth-order valence-corrected chi connectivity index (χ4v) is 3.33. The van der Waals surface area contributed by atoms with E-state index in [4.69, 9.17) is 0 Å². The summed E-state index contributed by atoms with van der Waals surface area (Å²) in [6.07, 6.45) is 0. The molecule has 1 aromatic carbocycles. The van der Waals surface area contributed by atoms with Crippen molar-refractivity contribution in [3.63, 3.8) is 0 Å². The number of urea groups is 1.